The summed E-state index contributed by atoms with van der Waals surface area (Å²) in [4.78, 5) is 39.0. The van der Waals surface area contributed by atoms with Gasteiger partial charge in [-0.2, -0.15) is 0 Å². The van der Waals surface area contributed by atoms with Crippen LogP contribution in [0.15, 0.2) is 66.7 Å². The number of esters is 1. The number of rotatable bonds is 7. The van der Waals surface area contributed by atoms with E-state index in [0.717, 1.165) is 11.1 Å². The fraction of sp³-hybridized carbons (Fsp3) is 0.192. The van der Waals surface area contributed by atoms with Crippen LogP contribution in [0.5, 0.6) is 0 Å². The molecule has 3 aromatic rings. The first-order valence-corrected chi connectivity index (χ1v) is 12.7. The summed E-state index contributed by atoms with van der Waals surface area (Å²) < 4.78 is 4.96. The first-order chi connectivity index (χ1) is 16.9. The van der Waals surface area contributed by atoms with Gasteiger partial charge in [0, 0.05) is 22.8 Å². The third kappa shape index (κ3) is 5.99. The van der Waals surface area contributed by atoms with E-state index in [1.165, 1.54) is 12.1 Å². The number of carbonyl (C=O) groups is 3. The van der Waals surface area contributed by atoms with E-state index >= 15 is 0 Å². The van der Waals surface area contributed by atoms with Gasteiger partial charge in [-0.25, -0.2) is 4.79 Å². The van der Waals surface area contributed by atoms with Gasteiger partial charge in [0.25, 0.3) is 5.91 Å². The van der Waals surface area contributed by atoms with E-state index < -0.39 is 5.97 Å². The van der Waals surface area contributed by atoms with Crippen molar-refractivity contribution >= 4 is 58.4 Å². The summed E-state index contributed by atoms with van der Waals surface area (Å²) in [6.45, 7) is 2.45. The Morgan fingerprint density at radius 2 is 1.77 bits per heavy atom. The van der Waals surface area contributed by atoms with Crippen LogP contribution in [0.2, 0.25) is 10.0 Å². The van der Waals surface area contributed by atoms with Crippen LogP contribution in [0.4, 0.5) is 5.69 Å². The van der Waals surface area contributed by atoms with E-state index in [2.05, 4.69) is 5.32 Å². The molecule has 0 bridgehead atoms. The van der Waals surface area contributed by atoms with E-state index in [-0.39, 0.29) is 34.4 Å². The van der Waals surface area contributed by atoms with Gasteiger partial charge in [-0.1, -0.05) is 47.5 Å². The number of hydrogen-bond acceptors (Lipinski definition) is 5. The molecule has 35 heavy (non-hydrogen) atoms. The van der Waals surface area contributed by atoms with Crippen molar-refractivity contribution in [1.29, 1.82) is 0 Å². The summed E-state index contributed by atoms with van der Waals surface area (Å²) in [5.74, 6) is -0.354. The number of amides is 2. The Balaban J connectivity index is 1.44. The second-order valence-corrected chi connectivity index (χ2v) is 9.71. The Kier molecular flexibility index (Phi) is 8.00. The van der Waals surface area contributed by atoms with Crippen molar-refractivity contribution in [2.24, 2.45) is 0 Å². The summed E-state index contributed by atoms with van der Waals surface area (Å²) in [6, 6.07) is 19.2. The summed E-state index contributed by atoms with van der Waals surface area (Å²) in [5.41, 5.74) is 3.09. The smallest absolute Gasteiger partial charge is 0.339 e. The highest BCUT2D eigenvalue weighted by molar-refractivity contribution is 8.00. The van der Waals surface area contributed by atoms with Crippen molar-refractivity contribution in [3.05, 3.63) is 99.0 Å². The lowest BCUT2D eigenvalue weighted by molar-refractivity contribution is -0.128. The average molecular weight is 529 g/mol. The third-order valence-electron chi connectivity index (χ3n) is 5.41. The standard InChI is InChI=1S/C26H22Cl2N2O4S/c1-2-34-26(33)21-12-11-20(13-22(21)28)29-24(32)17-5-7-18(8-6-17)25-30(23(31)15-35-25)14-16-3-9-19(27)10-4-16/h3-13,25H,2,14-15H2,1H3,(H,29,32). The predicted molar refractivity (Wildman–Crippen MR) is 139 cm³/mol. The van der Waals surface area contributed by atoms with Crippen LogP contribution < -0.4 is 5.32 Å². The van der Waals surface area contributed by atoms with Crippen molar-refractivity contribution in [1.82, 2.24) is 4.90 Å². The monoisotopic (exact) mass is 528 g/mol. The van der Waals surface area contributed by atoms with E-state index in [4.69, 9.17) is 27.9 Å². The van der Waals surface area contributed by atoms with Gasteiger partial charge in [0.1, 0.15) is 5.37 Å². The van der Waals surface area contributed by atoms with Gasteiger partial charge in [-0.3, -0.25) is 9.59 Å². The number of anilines is 1. The highest BCUT2D eigenvalue weighted by Crippen LogP contribution is 2.39. The Morgan fingerprint density at radius 3 is 2.43 bits per heavy atom. The molecule has 2 amide bonds. The van der Waals surface area contributed by atoms with E-state index in [0.29, 0.717) is 28.6 Å². The normalized spacial score (nSPS) is 15.2. The molecule has 3 aromatic carbocycles. The minimum absolute atomic E-state index is 0.0694. The number of halogens is 2. The number of thioether (sulfide) groups is 1. The molecular formula is C26H22Cl2N2O4S. The zero-order chi connectivity index (χ0) is 24.9. The van der Waals surface area contributed by atoms with Gasteiger partial charge in [-0.15, -0.1) is 11.8 Å². The molecule has 9 heteroatoms. The number of ether oxygens (including phenoxy) is 1. The zero-order valence-corrected chi connectivity index (χ0v) is 21.1. The van der Waals surface area contributed by atoms with Crippen LogP contribution in [-0.4, -0.2) is 35.0 Å². The topological polar surface area (TPSA) is 75.7 Å². The van der Waals surface area contributed by atoms with Crippen LogP contribution in [0.1, 0.15) is 44.1 Å². The molecule has 1 N–H and O–H groups in total. The van der Waals surface area contributed by atoms with Crippen molar-refractivity contribution in [3.63, 3.8) is 0 Å². The Morgan fingerprint density at radius 1 is 1.06 bits per heavy atom. The van der Waals surface area contributed by atoms with Gasteiger partial charge in [0.05, 0.1) is 22.9 Å². The largest absolute Gasteiger partial charge is 0.462 e. The molecule has 1 atom stereocenters. The maximum atomic E-state index is 12.7. The van der Waals surface area contributed by atoms with E-state index in [1.807, 2.05) is 41.3 Å². The lowest BCUT2D eigenvalue weighted by atomic mass is 10.1. The molecule has 0 radical (unpaired) electrons. The first kappa shape index (κ1) is 25.1. The number of nitrogens with one attached hydrogen (secondary N) is 1. The van der Waals surface area contributed by atoms with Gasteiger partial charge < -0.3 is 15.0 Å². The summed E-state index contributed by atoms with van der Waals surface area (Å²) >= 11 is 13.7. The van der Waals surface area contributed by atoms with Crippen molar-refractivity contribution in [3.8, 4) is 0 Å². The summed E-state index contributed by atoms with van der Waals surface area (Å²) in [7, 11) is 0. The molecule has 4 rings (SSSR count). The van der Waals surface area contributed by atoms with Crippen LogP contribution in [0.3, 0.4) is 0 Å². The highest BCUT2D eigenvalue weighted by Gasteiger charge is 2.32. The predicted octanol–water partition coefficient (Wildman–Crippen LogP) is 6.20. The quantitative estimate of drug-likeness (QED) is 0.369. The van der Waals surface area contributed by atoms with Crippen LogP contribution in [0.25, 0.3) is 0 Å². The van der Waals surface area contributed by atoms with Gasteiger partial charge >= 0.3 is 5.97 Å². The minimum Gasteiger partial charge on any atom is -0.462 e. The molecule has 180 valence electrons. The van der Waals surface area contributed by atoms with Crippen LogP contribution >= 0.6 is 35.0 Å². The molecule has 1 saturated heterocycles. The van der Waals surface area contributed by atoms with Crippen molar-refractivity contribution in [2.75, 3.05) is 17.7 Å². The highest BCUT2D eigenvalue weighted by atomic mass is 35.5. The molecule has 1 heterocycles. The van der Waals surface area contributed by atoms with Gasteiger partial charge in [0.15, 0.2) is 0 Å². The van der Waals surface area contributed by atoms with Gasteiger partial charge in [-0.05, 0) is 60.5 Å². The molecule has 0 spiro atoms. The van der Waals surface area contributed by atoms with E-state index in [9.17, 15) is 14.4 Å². The lowest BCUT2D eigenvalue weighted by Gasteiger charge is -2.24. The van der Waals surface area contributed by atoms with Crippen molar-refractivity contribution < 1.29 is 19.1 Å². The van der Waals surface area contributed by atoms with Crippen LogP contribution in [0, 0.1) is 0 Å². The molecular weight excluding hydrogens is 507 g/mol. The molecule has 0 saturated carbocycles. The molecule has 1 fully saturated rings. The Hall–Kier alpha value is -3.00. The second-order valence-electron chi connectivity index (χ2n) is 7.80. The minimum atomic E-state index is -0.515. The number of benzene rings is 3. The van der Waals surface area contributed by atoms with Crippen molar-refractivity contribution in [2.45, 2.75) is 18.8 Å². The fourth-order valence-electron chi connectivity index (χ4n) is 3.66. The Bertz CT molecular complexity index is 1250. The SMILES string of the molecule is CCOC(=O)c1ccc(NC(=O)c2ccc(C3SCC(=O)N3Cc3ccc(Cl)cc3)cc2)cc1Cl. The summed E-state index contributed by atoms with van der Waals surface area (Å²) in [6.07, 6.45) is 0. The van der Waals surface area contributed by atoms with Gasteiger partial charge in [0.2, 0.25) is 5.91 Å². The maximum Gasteiger partial charge on any atom is 0.339 e. The molecule has 1 aliphatic rings. The lowest BCUT2D eigenvalue weighted by Crippen LogP contribution is -2.27. The zero-order valence-electron chi connectivity index (χ0n) is 18.8. The average Bonchev–Trinajstić information content (AvgIpc) is 3.20. The second kappa shape index (κ2) is 11.2. The Labute approximate surface area is 217 Å². The third-order valence-corrected chi connectivity index (χ3v) is 7.24. The molecule has 1 unspecified atom stereocenters. The fourth-order valence-corrected chi connectivity index (χ4v) is 5.23. The molecule has 0 aromatic heterocycles. The summed E-state index contributed by atoms with van der Waals surface area (Å²) in [5, 5.41) is 3.49. The maximum absolute atomic E-state index is 12.7. The first-order valence-electron chi connectivity index (χ1n) is 10.9. The number of nitrogens with zero attached hydrogens (tertiary/aromatic N) is 1. The number of hydrogen-bond donors (Lipinski definition) is 1. The molecule has 1 aliphatic heterocycles. The van der Waals surface area contributed by atoms with E-state index in [1.54, 1.807) is 36.9 Å². The molecule has 0 aliphatic carbocycles. The van der Waals surface area contributed by atoms with Crippen LogP contribution in [-0.2, 0) is 16.1 Å². The number of carbonyl (C=O) groups excluding carboxylic acids is 3. The molecule has 6 nitrogen and oxygen atoms in total.